The molecule has 0 aromatic heterocycles. The predicted octanol–water partition coefficient (Wildman–Crippen LogP) is 6.07. The molecule has 2 aromatic carbocycles. The summed E-state index contributed by atoms with van der Waals surface area (Å²) in [5.41, 5.74) is 0.718. The Balaban J connectivity index is 1.77. The summed E-state index contributed by atoms with van der Waals surface area (Å²) in [6.07, 6.45) is 1.06. The van der Waals surface area contributed by atoms with Crippen molar-refractivity contribution < 1.29 is 23.2 Å². The third kappa shape index (κ3) is 5.84. The van der Waals surface area contributed by atoms with Crippen LogP contribution in [0.1, 0.15) is 38.8 Å². The number of carbonyl (C=O) groups excluding carboxylic acids is 1. The maximum Gasteiger partial charge on any atom is 0.492 e. The molecule has 32 heavy (non-hydrogen) atoms. The zero-order valence-electron chi connectivity index (χ0n) is 18.4. The minimum absolute atomic E-state index is 0.0618. The molecule has 1 amide bonds. The zero-order chi connectivity index (χ0) is 23.5. The highest BCUT2D eigenvalue weighted by Gasteiger charge is 2.52. The van der Waals surface area contributed by atoms with Crippen LogP contribution in [-0.4, -0.2) is 31.0 Å². The largest absolute Gasteiger partial charge is 0.492 e. The summed E-state index contributed by atoms with van der Waals surface area (Å²) >= 11 is 11.9. The molecule has 1 aliphatic rings. The summed E-state index contributed by atoms with van der Waals surface area (Å²) in [5, 5.41) is 2.64. The van der Waals surface area contributed by atoms with E-state index in [0.717, 1.165) is 5.56 Å². The average Bonchev–Trinajstić information content (AvgIpc) is 2.95. The first-order valence-electron chi connectivity index (χ1n) is 10.1. The molecule has 0 atom stereocenters. The third-order valence-corrected chi connectivity index (χ3v) is 6.34. The Bertz CT molecular complexity index is 975. The molecule has 0 unspecified atom stereocenters. The van der Waals surface area contributed by atoms with Crippen LogP contribution in [0.15, 0.2) is 47.9 Å². The van der Waals surface area contributed by atoms with Gasteiger partial charge in [-0.1, -0.05) is 59.6 Å². The van der Waals surface area contributed by atoms with Crippen molar-refractivity contribution in [2.45, 2.75) is 45.5 Å². The van der Waals surface area contributed by atoms with Crippen LogP contribution in [0, 0.1) is 5.82 Å². The Hall–Kier alpha value is -2.06. The molecule has 3 rings (SSSR count). The van der Waals surface area contributed by atoms with E-state index in [-0.39, 0.29) is 23.2 Å². The second kappa shape index (κ2) is 9.83. The lowest BCUT2D eigenvalue weighted by molar-refractivity contribution is 0.00578. The molecule has 1 heterocycles. The smallest absolute Gasteiger partial charge is 0.445 e. The highest BCUT2D eigenvalue weighted by atomic mass is 35.5. The van der Waals surface area contributed by atoms with Crippen molar-refractivity contribution >= 4 is 42.5 Å². The molecule has 0 radical (unpaired) electrons. The maximum atomic E-state index is 14.1. The Kier molecular flexibility index (Phi) is 7.55. The highest BCUT2D eigenvalue weighted by Crippen LogP contribution is 2.39. The van der Waals surface area contributed by atoms with Crippen molar-refractivity contribution in [3.05, 3.63) is 74.9 Å². The lowest BCUT2D eigenvalue weighted by Crippen LogP contribution is -2.41. The van der Waals surface area contributed by atoms with Crippen molar-refractivity contribution in [3.8, 4) is 0 Å². The summed E-state index contributed by atoms with van der Waals surface area (Å²) in [4.78, 5) is 12.3. The second-order valence-electron chi connectivity index (χ2n) is 8.52. The normalized spacial score (nSPS) is 17.3. The fourth-order valence-corrected chi connectivity index (χ4v) is 3.34. The predicted molar refractivity (Wildman–Crippen MR) is 125 cm³/mol. The molecule has 1 fully saturated rings. The first-order chi connectivity index (χ1) is 15.0. The highest BCUT2D eigenvalue weighted by molar-refractivity contribution is 6.56. The van der Waals surface area contributed by atoms with Gasteiger partial charge in [-0.25, -0.2) is 9.18 Å². The molecule has 1 N–H and O–H groups in total. The van der Waals surface area contributed by atoms with Gasteiger partial charge in [0, 0.05) is 6.54 Å². The van der Waals surface area contributed by atoms with Crippen molar-refractivity contribution in [2.24, 2.45) is 0 Å². The van der Waals surface area contributed by atoms with Gasteiger partial charge in [-0.2, -0.15) is 0 Å². The fourth-order valence-electron chi connectivity index (χ4n) is 3.02. The van der Waals surface area contributed by atoms with E-state index in [1.807, 2.05) is 58.0 Å². The zero-order valence-corrected chi connectivity index (χ0v) is 19.9. The quantitative estimate of drug-likeness (QED) is 0.403. The summed E-state index contributed by atoms with van der Waals surface area (Å²) in [6.45, 7) is 7.89. The first-order valence-corrected chi connectivity index (χ1v) is 10.9. The Morgan fingerprint density at radius 2 is 1.75 bits per heavy atom. The summed E-state index contributed by atoms with van der Waals surface area (Å²) in [6, 6.07) is 12.1. The van der Waals surface area contributed by atoms with Crippen molar-refractivity contribution in [1.82, 2.24) is 5.32 Å². The lowest BCUT2D eigenvalue weighted by atomic mass is 9.77. The van der Waals surface area contributed by atoms with Gasteiger partial charge >= 0.3 is 13.2 Å². The SMILES string of the molecule is CC1(C)OB(C(=Cc2cc(F)c(Cl)c(Cl)c2)CNC(=O)OCc2ccccc2)OC1(C)C. The van der Waals surface area contributed by atoms with E-state index in [0.29, 0.717) is 11.0 Å². The van der Waals surface area contributed by atoms with Crippen molar-refractivity contribution in [3.63, 3.8) is 0 Å². The molecule has 0 spiro atoms. The molecular weight excluding hydrogens is 455 g/mol. The van der Waals surface area contributed by atoms with Gasteiger partial charge in [0.15, 0.2) is 0 Å². The molecule has 5 nitrogen and oxygen atoms in total. The number of benzene rings is 2. The number of alkyl carbamates (subject to hydrolysis) is 1. The molecule has 1 saturated heterocycles. The van der Waals surface area contributed by atoms with Crippen molar-refractivity contribution in [1.29, 1.82) is 0 Å². The van der Waals surface area contributed by atoms with Crippen LogP contribution in [0.5, 0.6) is 0 Å². The number of rotatable bonds is 6. The van der Waals surface area contributed by atoms with Gasteiger partial charge in [0.2, 0.25) is 0 Å². The van der Waals surface area contributed by atoms with Gasteiger partial charge in [-0.05, 0) is 56.4 Å². The van der Waals surface area contributed by atoms with Gasteiger partial charge in [-0.3, -0.25) is 0 Å². The Morgan fingerprint density at radius 3 is 2.34 bits per heavy atom. The number of nitrogens with one attached hydrogen (secondary N) is 1. The van der Waals surface area contributed by atoms with E-state index in [2.05, 4.69) is 5.32 Å². The number of hydrogen-bond acceptors (Lipinski definition) is 4. The molecule has 9 heteroatoms. The average molecular weight is 480 g/mol. The molecule has 0 saturated carbocycles. The van der Waals surface area contributed by atoms with E-state index in [1.54, 1.807) is 6.08 Å². The Labute approximate surface area is 198 Å². The van der Waals surface area contributed by atoms with E-state index in [1.165, 1.54) is 12.1 Å². The molecule has 0 bridgehead atoms. The van der Waals surface area contributed by atoms with Gasteiger partial charge in [0.1, 0.15) is 12.4 Å². The Morgan fingerprint density at radius 1 is 1.12 bits per heavy atom. The molecule has 2 aromatic rings. The van der Waals surface area contributed by atoms with Crippen LogP contribution in [0.4, 0.5) is 9.18 Å². The van der Waals surface area contributed by atoms with E-state index >= 15 is 0 Å². The maximum absolute atomic E-state index is 14.1. The van der Waals surface area contributed by atoms with Crippen molar-refractivity contribution in [2.75, 3.05) is 6.54 Å². The first kappa shape index (κ1) is 24.6. The minimum Gasteiger partial charge on any atom is -0.445 e. The van der Waals surface area contributed by atoms with Gasteiger partial charge in [0.25, 0.3) is 0 Å². The van der Waals surface area contributed by atoms with E-state index < -0.39 is 30.2 Å². The number of halogens is 3. The molecule has 170 valence electrons. The minimum atomic E-state index is -0.757. The van der Waals surface area contributed by atoms with Gasteiger partial charge in [-0.15, -0.1) is 0 Å². The second-order valence-corrected chi connectivity index (χ2v) is 9.31. The molecular formula is C23H25BCl2FNO4. The molecule has 1 aliphatic heterocycles. The molecule has 0 aliphatic carbocycles. The topological polar surface area (TPSA) is 56.8 Å². The summed E-state index contributed by atoms with van der Waals surface area (Å²) in [5.74, 6) is -0.645. The van der Waals surface area contributed by atoms with Crippen LogP contribution in [0.2, 0.25) is 10.0 Å². The van der Waals surface area contributed by atoms with Crippen LogP contribution >= 0.6 is 23.2 Å². The van der Waals surface area contributed by atoms with E-state index in [9.17, 15) is 9.18 Å². The van der Waals surface area contributed by atoms with Crippen LogP contribution in [0.25, 0.3) is 6.08 Å². The van der Waals surface area contributed by atoms with Gasteiger partial charge < -0.3 is 19.4 Å². The number of ether oxygens (including phenoxy) is 1. The number of amides is 1. The van der Waals surface area contributed by atoms with Crippen LogP contribution in [0.3, 0.4) is 0 Å². The third-order valence-electron chi connectivity index (χ3n) is 5.56. The number of hydrogen-bond donors (Lipinski definition) is 1. The van der Waals surface area contributed by atoms with Gasteiger partial charge in [0.05, 0.1) is 21.2 Å². The monoisotopic (exact) mass is 479 g/mol. The number of carbonyl (C=O) groups is 1. The van der Waals surface area contributed by atoms with Crippen LogP contribution < -0.4 is 5.32 Å². The summed E-state index contributed by atoms with van der Waals surface area (Å²) < 4.78 is 31.6. The van der Waals surface area contributed by atoms with Crippen LogP contribution in [-0.2, 0) is 20.7 Å². The van der Waals surface area contributed by atoms with E-state index in [4.69, 9.17) is 37.2 Å². The standard InChI is InChI=1S/C23H25BCl2FNO4/c1-22(2)23(3,4)32-24(31-22)17(10-16-11-18(25)20(26)19(27)12-16)13-28-21(29)30-14-15-8-6-5-7-9-15/h5-12H,13-14H2,1-4H3,(H,28,29). The lowest BCUT2D eigenvalue weighted by Gasteiger charge is -2.32. The fraction of sp³-hybridized carbons (Fsp3) is 0.348. The summed E-state index contributed by atoms with van der Waals surface area (Å²) in [7, 11) is -0.757.